The predicted molar refractivity (Wildman–Crippen MR) is 44.1 cm³/mol. The third kappa shape index (κ3) is 7.97. The van der Waals surface area contributed by atoms with Crippen LogP contribution in [0.25, 0.3) is 0 Å². The second-order valence-electron chi connectivity index (χ2n) is 1.92. The first-order valence-electron chi connectivity index (χ1n) is 3.33. The summed E-state index contributed by atoms with van der Waals surface area (Å²) < 4.78 is 0. The van der Waals surface area contributed by atoms with Gasteiger partial charge in [0.1, 0.15) is 0 Å². The van der Waals surface area contributed by atoms with E-state index in [2.05, 4.69) is 0 Å². The van der Waals surface area contributed by atoms with Gasteiger partial charge in [0.2, 0.25) is 0 Å². The van der Waals surface area contributed by atoms with Gasteiger partial charge in [0.15, 0.2) is 0 Å². The maximum Gasteiger partial charge on any atom is 0 e. The molecule has 2 heteroatoms. The van der Waals surface area contributed by atoms with Crippen LogP contribution in [-0.4, -0.2) is 0 Å². The van der Waals surface area contributed by atoms with Crippen LogP contribution < -0.4 is 0 Å². The summed E-state index contributed by atoms with van der Waals surface area (Å²) in [6, 6.07) is 20.0. The summed E-state index contributed by atoms with van der Waals surface area (Å²) >= 11 is 0. The Kier molecular flexibility index (Phi) is 13.0. The average molecular weight is 378 g/mol. The van der Waals surface area contributed by atoms with E-state index < -0.39 is 0 Å². The van der Waals surface area contributed by atoms with E-state index in [1.54, 1.807) is 0 Å². The fraction of sp³-hybridized carbons (Fsp3) is 0. The molecular weight excluding hydrogens is 368 g/mol. The second-order valence-corrected chi connectivity index (χ2v) is 1.92. The molecule has 0 aliphatic heterocycles. The first-order chi connectivity index (χ1) is 5.00. The van der Waals surface area contributed by atoms with Crippen LogP contribution in [0.2, 0.25) is 0 Å². The molecule has 2 rings (SSSR count). The monoisotopic (exact) mass is 379 g/mol. The summed E-state index contributed by atoms with van der Waals surface area (Å²) in [5.41, 5.74) is 0. The van der Waals surface area contributed by atoms with Gasteiger partial charge >= 0.3 is 0 Å². The van der Waals surface area contributed by atoms with Gasteiger partial charge in [-0.05, 0) is 0 Å². The molecule has 0 N–H and O–H groups in total. The summed E-state index contributed by atoms with van der Waals surface area (Å²) in [4.78, 5) is 0. The summed E-state index contributed by atoms with van der Waals surface area (Å²) in [5.74, 6) is 0. The molecule has 12 heavy (non-hydrogen) atoms. The molecule has 0 atom stereocenters. The molecule has 0 nitrogen and oxygen atoms in total. The van der Waals surface area contributed by atoms with E-state index in [0.29, 0.717) is 0 Å². The van der Waals surface area contributed by atoms with Crippen LogP contribution in [0, 0.1) is 0 Å². The third-order valence-electron chi connectivity index (χ3n) is 1.11. The molecule has 0 saturated heterocycles. The van der Waals surface area contributed by atoms with Crippen molar-refractivity contribution in [3.8, 4) is 0 Å². The van der Waals surface area contributed by atoms with Crippen molar-refractivity contribution >= 4 is 0 Å². The standard InChI is InChI=1S/2C5H5.Fe.Ir/c2*1-2-4-5-3-1;;/h2*1-5H;;/q-5;-1;;. The summed E-state index contributed by atoms with van der Waals surface area (Å²) in [6.45, 7) is 0. The maximum absolute atomic E-state index is 2.00. The second kappa shape index (κ2) is 10.9. The molecular formula is C10H10FeIr-6. The van der Waals surface area contributed by atoms with Crippen LogP contribution in [0.1, 0.15) is 0 Å². The Hall–Kier alpha value is -0.131. The molecule has 0 unspecified atom stereocenters. The van der Waals surface area contributed by atoms with Gasteiger partial charge in [-0.2, -0.15) is 18.2 Å². The van der Waals surface area contributed by atoms with E-state index in [1.165, 1.54) is 0 Å². The summed E-state index contributed by atoms with van der Waals surface area (Å²) in [5, 5.41) is 0. The fourth-order valence-electron chi connectivity index (χ4n) is 0.642. The van der Waals surface area contributed by atoms with Crippen LogP contribution in [0.5, 0.6) is 0 Å². The van der Waals surface area contributed by atoms with Crippen molar-refractivity contribution in [2.75, 3.05) is 0 Å². The zero-order chi connectivity index (χ0) is 7.07. The third-order valence-corrected chi connectivity index (χ3v) is 1.11. The Bertz CT molecular complexity index is 149. The van der Waals surface area contributed by atoms with Crippen LogP contribution in [0.4, 0.5) is 0 Å². The Balaban J connectivity index is 0. The van der Waals surface area contributed by atoms with Gasteiger partial charge in [0, 0.05) is 37.2 Å². The molecule has 0 aliphatic rings. The molecule has 2 aromatic rings. The first-order valence-corrected chi connectivity index (χ1v) is 3.33. The van der Waals surface area contributed by atoms with E-state index in [0.717, 1.165) is 0 Å². The van der Waals surface area contributed by atoms with Crippen LogP contribution in [0.3, 0.4) is 0 Å². The molecule has 0 aromatic heterocycles. The number of rotatable bonds is 0. The van der Waals surface area contributed by atoms with E-state index in [9.17, 15) is 0 Å². The molecule has 0 aliphatic carbocycles. The molecule has 73 valence electrons. The topological polar surface area (TPSA) is 0 Å². The van der Waals surface area contributed by atoms with Gasteiger partial charge in [-0.25, -0.2) is 12.1 Å². The van der Waals surface area contributed by atoms with E-state index in [-0.39, 0.29) is 37.2 Å². The van der Waals surface area contributed by atoms with E-state index in [4.69, 9.17) is 0 Å². The molecule has 0 amide bonds. The summed E-state index contributed by atoms with van der Waals surface area (Å²) in [6.07, 6.45) is 0. The fourth-order valence-corrected chi connectivity index (χ4v) is 0.642. The number of hydrogen-bond donors (Lipinski definition) is 0. The number of hydrogen-bond acceptors (Lipinski definition) is 0. The van der Waals surface area contributed by atoms with E-state index in [1.807, 2.05) is 60.7 Å². The zero-order valence-electron chi connectivity index (χ0n) is 6.46. The minimum absolute atomic E-state index is 0. The smallest absolute Gasteiger partial charge is 0 e. The summed E-state index contributed by atoms with van der Waals surface area (Å²) in [7, 11) is 0. The molecule has 0 spiro atoms. The SMILES string of the molecule is [Fe].[Ir].[cH-]1[cH-][cH-][cH-][cH-]1.c1cc[cH-]c1. The Morgan fingerprint density at radius 1 is 0.667 bits per heavy atom. The van der Waals surface area contributed by atoms with Crippen molar-refractivity contribution in [2.45, 2.75) is 0 Å². The quantitative estimate of drug-likeness (QED) is 0.489. The van der Waals surface area contributed by atoms with Gasteiger partial charge in [-0.15, -0.1) is 0 Å². The normalized spacial score (nSPS) is 6.67. The largest absolute Gasteiger partial charge is 0.748 e. The van der Waals surface area contributed by atoms with E-state index >= 15 is 0 Å². The Morgan fingerprint density at radius 2 is 1.00 bits per heavy atom. The van der Waals surface area contributed by atoms with Crippen molar-refractivity contribution < 1.29 is 37.2 Å². The zero-order valence-corrected chi connectivity index (χ0v) is 9.96. The Morgan fingerprint density at radius 3 is 1.17 bits per heavy atom. The van der Waals surface area contributed by atoms with Crippen LogP contribution >= 0.6 is 0 Å². The van der Waals surface area contributed by atoms with Crippen molar-refractivity contribution in [3.63, 3.8) is 0 Å². The average Bonchev–Trinajstić information content (AvgIpc) is 2.67. The van der Waals surface area contributed by atoms with Crippen molar-refractivity contribution in [2.24, 2.45) is 0 Å². The van der Waals surface area contributed by atoms with Gasteiger partial charge < -0.3 is 30.3 Å². The molecule has 0 heterocycles. The molecule has 1 radical (unpaired) electrons. The Labute approximate surface area is 97.5 Å². The van der Waals surface area contributed by atoms with Crippen molar-refractivity contribution in [3.05, 3.63) is 60.7 Å². The molecule has 2 aromatic carbocycles. The predicted octanol–water partition coefficient (Wildman–Crippen LogP) is 2.81. The minimum atomic E-state index is 0. The van der Waals surface area contributed by atoms with Gasteiger partial charge in [0.05, 0.1) is 0 Å². The molecule has 0 fully saturated rings. The van der Waals surface area contributed by atoms with Gasteiger partial charge in [0.25, 0.3) is 0 Å². The van der Waals surface area contributed by atoms with Crippen LogP contribution in [0.15, 0.2) is 60.7 Å². The minimum Gasteiger partial charge on any atom is -0.748 e. The van der Waals surface area contributed by atoms with Crippen molar-refractivity contribution in [1.82, 2.24) is 0 Å². The van der Waals surface area contributed by atoms with Gasteiger partial charge in [-0.3, -0.25) is 0 Å². The molecule has 0 saturated carbocycles. The van der Waals surface area contributed by atoms with Gasteiger partial charge in [-0.1, -0.05) is 0 Å². The van der Waals surface area contributed by atoms with Crippen molar-refractivity contribution in [1.29, 1.82) is 0 Å². The van der Waals surface area contributed by atoms with Crippen LogP contribution in [-0.2, 0) is 37.2 Å². The first kappa shape index (κ1) is 14.4. The maximum atomic E-state index is 2.00. The molecule has 0 bridgehead atoms.